The van der Waals surface area contributed by atoms with Crippen LogP contribution in [0.5, 0.6) is 0 Å². The quantitative estimate of drug-likeness (QED) is 0.853. The summed E-state index contributed by atoms with van der Waals surface area (Å²) in [5.41, 5.74) is 0.857. The van der Waals surface area contributed by atoms with Crippen LogP contribution >= 0.6 is 27.7 Å². The van der Waals surface area contributed by atoms with Crippen LogP contribution in [0.3, 0.4) is 0 Å². The van der Waals surface area contributed by atoms with Gasteiger partial charge in [-0.2, -0.15) is 11.8 Å². The summed E-state index contributed by atoms with van der Waals surface area (Å²) in [4.78, 5) is 10.7. The molecule has 0 spiro atoms. The third-order valence-corrected chi connectivity index (χ3v) is 4.29. The minimum absolute atomic E-state index is 0.381. The van der Waals surface area contributed by atoms with Crippen LogP contribution in [0, 0.1) is 5.92 Å². The number of halogens is 1. The van der Waals surface area contributed by atoms with Crippen LogP contribution < -0.4 is 0 Å². The van der Waals surface area contributed by atoms with Crippen molar-refractivity contribution in [3.63, 3.8) is 0 Å². The maximum absolute atomic E-state index is 10.7. The molecule has 0 saturated carbocycles. The highest BCUT2D eigenvalue weighted by Gasteiger charge is 2.13. The van der Waals surface area contributed by atoms with E-state index in [-0.39, 0.29) is 5.92 Å². The monoisotopic (exact) mass is 356 g/mol. The van der Waals surface area contributed by atoms with Gasteiger partial charge in [0.2, 0.25) is 11.8 Å². The van der Waals surface area contributed by atoms with E-state index < -0.39 is 5.97 Å². The number of hydrogen-bond donors (Lipinski definition) is 1. The first-order chi connectivity index (χ1) is 9.56. The Balaban J connectivity index is 1.92. The summed E-state index contributed by atoms with van der Waals surface area (Å²) < 4.78 is 6.53. The number of carboxylic acids is 1. The molecule has 2 rings (SSSR count). The van der Waals surface area contributed by atoms with E-state index in [1.807, 2.05) is 24.3 Å². The maximum Gasteiger partial charge on any atom is 0.307 e. The molecule has 1 aromatic carbocycles. The molecule has 1 atom stereocenters. The Hall–Kier alpha value is -1.34. The van der Waals surface area contributed by atoms with E-state index in [9.17, 15) is 4.79 Å². The van der Waals surface area contributed by atoms with Gasteiger partial charge in [-0.25, -0.2) is 0 Å². The average molecular weight is 357 g/mol. The lowest BCUT2D eigenvalue weighted by atomic mass is 10.2. The Bertz CT molecular complexity index is 586. The van der Waals surface area contributed by atoms with Gasteiger partial charge in [0.1, 0.15) is 0 Å². The Labute approximate surface area is 128 Å². The van der Waals surface area contributed by atoms with E-state index >= 15 is 0 Å². The van der Waals surface area contributed by atoms with Gasteiger partial charge in [0.25, 0.3) is 0 Å². The molecule has 1 heterocycles. The lowest BCUT2D eigenvalue weighted by Gasteiger charge is -2.03. The van der Waals surface area contributed by atoms with Crippen LogP contribution in [-0.4, -0.2) is 27.0 Å². The summed E-state index contributed by atoms with van der Waals surface area (Å²) in [6.45, 7) is 1.68. The van der Waals surface area contributed by atoms with Gasteiger partial charge in [-0.1, -0.05) is 22.9 Å². The van der Waals surface area contributed by atoms with Crippen LogP contribution in [0.4, 0.5) is 0 Å². The number of aromatic nitrogens is 2. The molecule has 0 aliphatic heterocycles. The third kappa shape index (κ3) is 4.08. The molecule has 0 amide bonds. The first-order valence-electron chi connectivity index (χ1n) is 5.95. The van der Waals surface area contributed by atoms with Gasteiger partial charge in [-0.3, -0.25) is 4.79 Å². The fraction of sp³-hybridized carbons (Fsp3) is 0.308. The van der Waals surface area contributed by atoms with Crippen molar-refractivity contribution in [3.05, 3.63) is 34.6 Å². The SMILES string of the molecule is CC(CSCc1nnc(-c2ccc(Br)cc2)o1)C(=O)O. The fourth-order valence-electron chi connectivity index (χ4n) is 1.42. The second-order valence-electron chi connectivity index (χ2n) is 4.26. The molecule has 1 unspecified atom stereocenters. The predicted octanol–water partition coefficient (Wildman–Crippen LogP) is 3.45. The average Bonchev–Trinajstić information content (AvgIpc) is 2.88. The van der Waals surface area contributed by atoms with Crippen LogP contribution in [0.15, 0.2) is 33.2 Å². The lowest BCUT2D eigenvalue weighted by Crippen LogP contribution is -2.11. The highest BCUT2D eigenvalue weighted by molar-refractivity contribution is 9.10. The summed E-state index contributed by atoms with van der Waals surface area (Å²) in [7, 11) is 0. The van der Waals surface area contributed by atoms with Crippen molar-refractivity contribution in [1.82, 2.24) is 10.2 Å². The summed E-state index contributed by atoms with van der Waals surface area (Å²) in [6.07, 6.45) is 0. The van der Waals surface area contributed by atoms with Crippen molar-refractivity contribution in [3.8, 4) is 11.5 Å². The summed E-state index contributed by atoms with van der Waals surface area (Å²) >= 11 is 4.83. The number of carbonyl (C=O) groups is 1. The van der Waals surface area contributed by atoms with E-state index in [0.29, 0.717) is 23.3 Å². The van der Waals surface area contributed by atoms with E-state index in [0.717, 1.165) is 10.0 Å². The zero-order valence-corrected chi connectivity index (χ0v) is 13.1. The molecule has 0 radical (unpaired) electrons. The first kappa shape index (κ1) is 15.1. The Morgan fingerprint density at radius 3 is 2.75 bits per heavy atom. The zero-order chi connectivity index (χ0) is 14.5. The molecule has 20 heavy (non-hydrogen) atoms. The molecule has 0 fully saturated rings. The lowest BCUT2D eigenvalue weighted by molar-refractivity contribution is -0.140. The van der Waals surface area contributed by atoms with Crippen molar-refractivity contribution >= 4 is 33.7 Å². The topological polar surface area (TPSA) is 76.2 Å². The second-order valence-corrected chi connectivity index (χ2v) is 6.21. The number of nitrogens with zero attached hydrogens (tertiary/aromatic N) is 2. The van der Waals surface area contributed by atoms with Crippen LogP contribution in [0.1, 0.15) is 12.8 Å². The molecule has 1 aromatic heterocycles. The van der Waals surface area contributed by atoms with Gasteiger partial charge in [0, 0.05) is 15.8 Å². The number of aliphatic carboxylic acids is 1. The Morgan fingerprint density at radius 1 is 1.40 bits per heavy atom. The van der Waals surface area contributed by atoms with Crippen molar-refractivity contribution < 1.29 is 14.3 Å². The number of benzene rings is 1. The Kier molecular flexibility index (Phi) is 5.19. The van der Waals surface area contributed by atoms with E-state index in [1.165, 1.54) is 11.8 Å². The molecule has 0 bridgehead atoms. The molecular formula is C13H13BrN2O3S. The van der Waals surface area contributed by atoms with Gasteiger partial charge < -0.3 is 9.52 Å². The van der Waals surface area contributed by atoms with Gasteiger partial charge in [-0.15, -0.1) is 10.2 Å². The molecule has 2 aromatic rings. The smallest absolute Gasteiger partial charge is 0.307 e. The Morgan fingerprint density at radius 2 is 2.10 bits per heavy atom. The fourth-order valence-corrected chi connectivity index (χ4v) is 2.58. The molecule has 5 nitrogen and oxygen atoms in total. The number of rotatable bonds is 6. The number of hydrogen-bond acceptors (Lipinski definition) is 5. The molecule has 0 aliphatic rings. The summed E-state index contributed by atoms with van der Waals surface area (Å²) in [6, 6.07) is 7.59. The molecule has 0 saturated heterocycles. The van der Waals surface area contributed by atoms with Crippen LogP contribution in [0.25, 0.3) is 11.5 Å². The largest absolute Gasteiger partial charge is 0.481 e. The highest BCUT2D eigenvalue weighted by Crippen LogP contribution is 2.22. The van der Waals surface area contributed by atoms with E-state index in [4.69, 9.17) is 9.52 Å². The maximum atomic E-state index is 10.7. The van der Waals surface area contributed by atoms with E-state index in [2.05, 4.69) is 26.1 Å². The second kappa shape index (κ2) is 6.90. The summed E-state index contributed by atoms with van der Waals surface area (Å²) in [5.74, 6) is 0.837. The molecular weight excluding hydrogens is 344 g/mol. The third-order valence-electron chi connectivity index (χ3n) is 2.57. The van der Waals surface area contributed by atoms with Gasteiger partial charge in [0.05, 0.1) is 11.7 Å². The van der Waals surface area contributed by atoms with Crippen LogP contribution in [-0.2, 0) is 10.5 Å². The van der Waals surface area contributed by atoms with Crippen molar-refractivity contribution in [2.24, 2.45) is 5.92 Å². The zero-order valence-electron chi connectivity index (χ0n) is 10.7. The predicted molar refractivity (Wildman–Crippen MR) is 80.4 cm³/mol. The van der Waals surface area contributed by atoms with Crippen molar-refractivity contribution in [2.75, 3.05) is 5.75 Å². The first-order valence-corrected chi connectivity index (χ1v) is 7.90. The van der Waals surface area contributed by atoms with E-state index in [1.54, 1.807) is 6.92 Å². The highest BCUT2D eigenvalue weighted by atomic mass is 79.9. The standard InChI is InChI=1S/C13H13BrN2O3S/c1-8(13(17)18)6-20-7-11-15-16-12(19-11)9-2-4-10(14)5-3-9/h2-5,8H,6-7H2,1H3,(H,17,18). The molecule has 1 N–H and O–H groups in total. The molecule has 106 valence electrons. The van der Waals surface area contributed by atoms with Crippen molar-refractivity contribution in [1.29, 1.82) is 0 Å². The number of thioether (sulfide) groups is 1. The molecule has 7 heteroatoms. The summed E-state index contributed by atoms with van der Waals surface area (Å²) in [5, 5.41) is 16.7. The number of carboxylic acid groups (broad SMARTS) is 1. The van der Waals surface area contributed by atoms with Gasteiger partial charge in [-0.05, 0) is 24.3 Å². The van der Waals surface area contributed by atoms with Gasteiger partial charge in [0.15, 0.2) is 0 Å². The minimum atomic E-state index is -0.793. The molecule has 0 aliphatic carbocycles. The van der Waals surface area contributed by atoms with Crippen molar-refractivity contribution in [2.45, 2.75) is 12.7 Å². The van der Waals surface area contributed by atoms with Crippen LogP contribution in [0.2, 0.25) is 0 Å². The minimum Gasteiger partial charge on any atom is -0.481 e. The normalized spacial score (nSPS) is 12.3. The van der Waals surface area contributed by atoms with Gasteiger partial charge >= 0.3 is 5.97 Å².